The standard InChI is InChI=1S/C10H19NO2/c1-5-7(3)9(6-2)10(13)11-8(4)12/h7,9H,5-6H2,1-4H3,(H,11,12,13). The number of nitrogens with one attached hydrogen (secondary N) is 1. The van der Waals surface area contributed by atoms with Crippen molar-refractivity contribution in [1.29, 1.82) is 0 Å². The van der Waals surface area contributed by atoms with Crippen LogP contribution in [-0.2, 0) is 9.59 Å². The second-order valence-corrected chi connectivity index (χ2v) is 3.45. The summed E-state index contributed by atoms with van der Waals surface area (Å²) in [5, 5.41) is 2.33. The Kier molecular flexibility index (Phi) is 5.35. The molecule has 0 bridgehead atoms. The lowest BCUT2D eigenvalue weighted by atomic mass is 9.89. The van der Waals surface area contributed by atoms with Gasteiger partial charge in [-0.05, 0) is 12.3 Å². The van der Waals surface area contributed by atoms with Crippen LogP contribution in [0.2, 0.25) is 0 Å². The Morgan fingerprint density at radius 3 is 2.08 bits per heavy atom. The number of amides is 2. The predicted octanol–water partition coefficient (Wildman–Crippen LogP) is 1.72. The van der Waals surface area contributed by atoms with Gasteiger partial charge < -0.3 is 0 Å². The molecule has 0 saturated heterocycles. The third kappa shape index (κ3) is 4.06. The highest BCUT2D eigenvalue weighted by Gasteiger charge is 2.22. The fourth-order valence-corrected chi connectivity index (χ4v) is 1.40. The van der Waals surface area contributed by atoms with Crippen LogP contribution in [0.5, 0.6) is 0 Å². The van der Waals surface area contributed by atoms with Crippen molar-refractivity contribution in [3.8, 4) is 0 Å². The summed E-state index contributed by atoms with van der Waals surface area (Å²) in [6.07, 6.45) is 1.75. The van der Waals surface area contributed by atoms with Crippen LogP contribution < -0.4 is 5.32 Å². The molecule has 13 heavy (non-hydrogen) atoms. The summed E-state index contributed by atoms with van der Waals surface area (Å²) in [5.41, 5.74) is 0. The van der Waals surface area contributed by atoms with Crippen molar-refractivity contribution in [3.63, 3.8) is 0 Å². The van der Waals surface area contributed by atoms with Crippen LogP contribution in [0.3, 0.4) is 0 Å². The van der Waals surface area contributed by atoms with E-state index in [1.165, 1.54) is 6.92 Å². The molecule has 0 heterocycles. The minimum Gasteiger partial charge on any atom is -0.296 e. The number of carbonyl (C=O) groups excluding carboxylic acids is 2. The SMILES string of the molecule is CCC(C)C(CC)C(=O)NC(C)=O. The Morgan fingerprint density at radius 1 is 1.23 bits per heavy atom. The zero-order chi connectivity index (χ0) is 10.4. The summed E-state index contributed by atoms with van der Waals surface area (Å²) in [7, 11) is 0. The molecular weight excluding hydrogens is 166 g/mol. The molecule has 0 radical (unpaired) electrons. The summed E-state index contributed by atoms with van der Waals surface area (Å²) in [4.78, 5) is 22.1. The predicted molar refractivity (Wildman–Crippen MR) is 52.1 cm³/mol. The van der Waals surface area contributed by atoms with Crippen molar-refractivity contribution in [3.05, 3.63) is 0 Å². The van der Waals surface area contributed by atoms with Crippen LogP contribution in [0.4, 0.5) is 0 Å². The molecule has 0 aliphatic rings. The summed E-state index contributed by atoms with van der Waals surface area (Å²) < 4.78 is 0. The first-order valence-corrected chi connectivity index (χ1v) is 4.84. The molecule has 2 amide bonds. The molecule has 2 unspecified atom stereocenters. The quantitative estimate of drug-likeness (QED) is 0.725. The fraction of sp³-hybridized carbons (Fsp3) is 0.800. The van der Waals surface area contributed by atoms with E-state index in [1.807, 2.05) is 20.8 Å². The van der Waals surface area contributed by atoms with Crippen molar-refractivity contribution in [2.45, 2.75) is 40.5 Å². The van der Waals surface area contributed by atoms with Crippen LogP contribution in [-0.4, -0.2) is 11.8 Å². The fourth-order valence-electron chi connectivity index (χ4n) is 1.40. The molecule has 0 spiro atoms. The van der Waals surface area contributed by atoms with Gasteiger partial charge in [-0.25, -0.2) is 0 Å². The highest BCUT2D eigenvalue weighted by Crippen LogP contribution is 2.18. The highest BCUT2D eigenvalue weighted by molar-refractivity contribution is 5.95. The van der Waals surface area contributed by atoms with Crippen LogP contribution in [0.25, 0.3) is 0 Å². The first-order chi connectivity index (χ1) is 6.02. The monoisotopic (exact) mass is 185 g/mol. The van der Waals surface area contributed by atoms with E-state index in [9.17, 15) is 9.59 Å². The van der Waals surface area contributed by atoms with E-state index in [2.05, 4.69) is 5.32 Å². The number of imide groups is 1. The third-order valence-electron chi connectivity index (χ3n) is 2.41. The molecule has 0 aromatic rings. The summed E-state index contributed by atoms with van der Waals surface area (Å²) in [6.45, 7) is 7.42. The average Bonchev–Trinajstić information content (AvgIpc) is 2.03. The van der Waals surface area contributed by atoms with E-state index in [0.717, 1.165) is 12.8 Å². The Bertz CT molecular complexity index is 189. The minimum atomic E-state index is -0.272. The summed E-state index contributed by atoms with van der Waals surface area (Å²) in [6, 6.07) is 0. The Morgan fingerprint density at radius 2 is 1.77 bits per heavy atom. The van der Waals surface area contributed by atoms with Crippen LogP contribution in [0.15, 0.2) is 0 Å². The number of rotatable bonds is 4. The van der Waals surface area contributed by atoms with Crippen molar-refractivity contribution in [2.75, 3.05) is 0 Å². The largest absolute Gasteiger partial charge is 0.296 e. The van der Waals surface area contributed by atoms with E-state index in [-0.39, 0.29) is 17.7 Å². The zero-order valence-electron chi connectivity index (χ0n) is 8.89. The highest BCUT2D eigenvalue weighted by atomic mass is 16.2. The van der Waals surface area contributed by atoms with Crippen LogP contribution in [0, 0.1) is 11.8 Å². The van der Waals surface area contributed by atoms with Gasteiger partial charge in [-0.2, -0.15) is 0 Å². The second-order valence-electron chi connectivity index (χ2n) is 3.45. The van der Waals surface area contributed by atoms with Gasteiger partial charge in [-0.3, -0.25) is 14.9 Å². The molecule has 0 aliphatic carbocycles. The molecule has 0 aromatic carbocycles. The molecule has 0 aliphatic heterocycles. The van der Waals surface area contributed by atoms with Crippen LogP contribution >= 0.6 is 0 Å². The van der Waals surface area contributed by atoms with Crippen LogP contribution in [0.1, 0.15) is 40.5 Å². The molecule has 0 saturated carbocycles. The molecule has 0 rings (SSSR count). The Labute approximate surface area is 79.9 Å². The van der Waals surface area contributed by atoms with E-state index in [1.54, 1.807) is 0 Å². The maximum absolute atomic E-state index is 11.5. The van der Waals surface area contributed by atoms with Gasteiger partial charge in [-0.15, -0.1) is 0 Å². The normalized spacial score (nSPS) is 14.8. The number of carbonyl (C=O) groups is 2. The Hall–Kier alpha value is -0.860. The van der Waals surface area contributed by atoms with Gasteiger partial charge in [0.2, 0.25) is 11.8 Å². The van der Waals surface area contributed by atoms with Gasteiger partial charge in [0.05, 0.1) is 0 Å². The smallest absolute Gasteiger partial charge is 0.229 e. The molecule has 0 fully saturated rings. The summed E-state index contributed by atoms with van der Waals surface area (Å²) in [5.74, 6) is -0.102. The van der Waals surface area contributed by atoms with Gasteiger partial charge in [0.25, 0.3) is 0 Å². The molecule has 3 heteroatoms. The maximum atomic E-state index is 11.5. The van der Waals surface area contributed by atoms with Gasteiger partial charge in [0.15, 0.2) is 0 Å². The van der Waals surface area contributed by atoms with Crippen molar-refractivity contribution >= 4 is 11.8 Å². The zero-order valence-corrected chi connectivity index (χ0v) is 8.89. The number of hydrogen-bond acceptors (Lipinski definition) is 2. The van der Waals surface area contributed by atoms with Gasteiger partial charge in [0.1, 0.15) is 0 Å². The first kappa shape index (κ1) is 12.1. The second kappa shape index (κ2) is 5.73. The van der Waals surface area contributed by atoms with Gasteiger partial charge in [0, 0.05) is 12.8 Å². The average molecular weight is 185 g/mol. The van der Waals surface area contributed by atoms with Gasteiger partial charge in [-0.1, -0.05) is 27.2 Å². The maximum Gasteiger partial charge on any atom is 0.229 e. The topological polar surface area (TPSA) is 46.2 Å². The minimum absolute atomic E-state index is 0.0334. The Balaban J connectivity index is 4.22. The molecular formula is C10H19NO2. The third-order valence-corrected chi connectivity index (χ3v) is 2.41. The van der Waals surface area contributed by atoms with E-state index >= 15 is 0 Å². The first-order valence-electron chi connectivity index (χ1n) is 4.84. The molecule has 2 atom stereocenters. The lowest BCUT2D eigenvalue weighted by molar-refractivity contribution is -0.132. The van der Waals surface area contributed by atoms with E-state index in [4.69, 9.17) is 0 Å². The number of hydrogen-bond donors (Lipinski definition) is 1. The van der Waals surface area contributed by atoms with E-state index in [0.29, 0.717) is 5.92 Å². The molecule has 76 valence electrons. The van der Waals surface area contributed by atoms with Gasteiger partial charge >= 0.3 is 0 Å². The molecule has 1 N–H and O–H groups in total. The lowest BCUT2D eigenvalue weighted by Gasteiger charge is -2.19. The summed E-state index contributed by atoms with van der Waals surface area (Å²) >= 11 is 0. The van der Waals surface area contributed by atoms with E-state index < -0.39 is 0 Å². The molecule has 0 aromatic heterocycles. The lowest BCUT2D eigenvalue weighted by Crippen LogP contribution is -2.36. The van der Waals surface area contributed by atoms with Crippen molar-refractivity contribution in [2.24, 2.45) is 11.8 Å². The van der Waals surface area contributed by atoms with Crippen molar-refractivity contribution in [1.82, 2.24) is 5.32 Å². The van der Waals surface area contributed by atoms with Crippen molar-refractivity contribution < 1.29 is 9.59 Å². The molecule has 3 nitrogen and oxygen atoms in total.